The molecule has 0 spiro atoms. The van der Waals surface area contributed by atoms with E-state index >= 15 is 0 Å². The van der Waals surface area contributed by atoms with Crippen molar-refractivity contribution in [3.8, 4) is 0 Å². The summed E-state index contributed by atoms with van der Waals surface area (Å²) in [5.74, 6) is 0.302. The van der Waals surface area contributed by atoms with Crippen LogP contribution in [0.3, 0.4) is 0 Å². The first-order valence-electron chi connectivity index (χ1n) is 8.84. The summed E-state index contributed by atoms with van der Waals surface area (Å²) in [4.78, 5) is 18.6. The molecule has 0 bridgehead atoms. The molecule has 1 saturated heterocycles. The van der Waals surface area contributed by atoms with Gasteiger partial charge in [0.15, 0.2) is 0 Å². The van der Waals surface area contributed by atoms with Crippen LogP contribution in [0.15, 0.2) is 29.9 Å². The van der Waals surface area contributed by atoms with Crippen molar-refractivity contribution in [3.63, 3.8) is 0 Å². The van der Waals surface area contributed by atoms with E-state index in [2.05, 4.69) is 21.4 Å². The average Bonchev–Trinajstić information content (AvgIpc) is 3.34. The maximum atomic E-state index is 12.6. The van der Waals surface area contributed by atoms with Crippen LogP contribution in [0.1, 0.15) is 29.7 Å². The highest BCUT2D eigenvalue weighted by molar-refractivity contribution is 7.10. The van der Waals surface area contributed by atoms with Crippen LogP contribution in [0.5, 0.6) is 0 Å². The Labute approximate surface area is 146 Å². The number of carbonyl (C=O) groups is 1. The first-order valence-corrected chi connectivity index (χ1v) is 9.72. The third-order valence-corrected chi connectivity index (χ3v) is 6.25. The number of nitrogens with zero attached hydrogens (tertiary/aromatic N) is 4. The third-order valence-electron chi connectivity index (χ3n) is 5.23. The highest BCUT2D eigenvalue weighted by atomic mass is 32.1. The van der Waals surface area contributed by atoms with Gasteiger partial charge >= 0.3 is 0 Å². The molecule has 24 heavy (non-hydrogen) atoms. The SMILES string of the molecule is O=C(CCN1CCC[C@H]1Cn1cccn1)N1CCc2sccc2C1. The fourth-order valence-electron chi connectivity index (χ4n) is 3.88. The summed E-state index contributed by atoms with van der Waals surface area (Å²) in [6.45, 7) is 4.59. The Morgan fingerprint density at radius 3 is 3.21 bits per heavy atom. The smallest absolute Gasteiger partial charge is 0.224 e. The van der Waals surface area contributed by atoms with E-state index in [4.69, 9.17) is 0 Å². The van der Waals surface area contributed by atoms with Crippen molar-refractivity contribution in [1.29, 1.82) is 0 Å². The maximum Gasteiger partial charge on any atom is 0.224 e. The van der Waals surface area contributed by atoms with Gasteiger partial charge in [-0.15, -0.1) is 11.3 Å². The van der Waals surface area contributed by atoms with Crippen LogP contribution in [0, 0.1) is 0 Å². The summed E-state index contributed by atoms with van der Waals surface area (Å²) < 4.78 is 2.01. The molecule has 4 heterocycles. The van der Waals surface area contributed by atoms with Gasteiger partial charge in [-0.2, -0.15) is 5.10 Å². The van der Waals surface area contributed by atoms with Crippen molar-refractivity contribution in [2.75, 3.05) is 19.6 Å². The summed E-state index contributed by atoms with van der Waals surface area (Å²) in [5, 5.41) is 6.46. The van der Waals surface area contributed by atoms with Crippen molar-refractivity contribution >= 4 is 17.2 Å². The van der Waals surface area contributed by atoms with Gasteiger partial charge in [0, 0.05) is 49.4 Å². The molecule has 1 atom stereocenters. The molecule has 2 aliphatic heterocycles. The van der Waals surface area contributed by atoms with Gasteiger partial charge in [-0.25, -0.2) is 0 Å². The second kappa shape index (κ2) is 7.07. The van der Waals surface area contributed by atoms with Crippen molar-refractivity contribution < 1.29 is 4.79 Å². The van der Waals surface area contributed by atoms with Crippen LogP contribution >= 0.6 is 11.3 Å². The summed E-state index contributed by atoms with van der Waals surface area (Å²) in [5.41, 5.74) is 1.34. The first kappa shape index (κ1) is 15.8. The Morgan fingerprint density at radius 2 is 2.33 bits per heavy atom. The number of carbonyl (C=O) groups excluding carboxylic acids is 1. The molecule has 0 unspecified atom stereocenters. The number of thiophene rings is 1. The van der Waals surface area contributed by atoms with Crippen molar-refractivity contribution in [2.45, 2.75) is 44.8 Å². The lowest BCUT2D eigenvalue weighted by atomic mass is 10.1. The fraction of sp³-hybridized carbons (Fsp3) is 0.556. The molecule has 1 fully saturated rings. The summed E-state index contributed by atoms with van der Waals surface area (Å²) >= 11 is 1.82. The number of hydrogen-bond acceptors (Lipinski definition) is 4. The molecule has 0 aliphatic carbocycles. The van der Waals surface area contributed by atoms with E-state index in [1.807, 2.05) is 39.4 Å². The predicted molar refractivity (Wildman–Crippen MR) is 94.9 cm³/mol. The molecular weight excluding hydrogens is 320 g/mol. The molecule has 0 aromatic carbocycles. The number of amides is 1. The second-order valence-electron chi connectivity index (χ2n) is 6.74. The van der Waals surface area contributed by atoms with Gasteiger partial charge < -0.3 is 4.90 Å². The number of hydrogen-bond donors (Lipinski definition) is 0. The molecule has 0 radical (unpaired) electrons. The molecule has 2 aromatic heterocycles. The van der Waals surface area contributed by atoms with Gasteiger partial charge in [0.25, 0.3) is 0 Å². The van der Waals surface area contributed by atoms with Crippen LogP contribution < -0.4 is 0 Å². The topological polar surface area (TPSA) is 41.4 Å². The number of aromatic nitrogens is 2. The van der Waals surface area contributed by atoms with Gasteiger partial charge in [0.05, 0.1) is 6.54 Å². The van der Waals surface area contributed by atoms with Gasteiger partial charge in [0.2, 0.25) is 5.91 Å². The Kier molecular flexibility index (Phi) is 4.67. The maximum absolute atomic E-state index is 12.6. The molecule has 128 valence electrons. The first-order chi connectivity index (χ1) is 11.8. The Bertz CT molecular complexity index is 681. The summed E-state index contributed by atoms with van der Waals surface area (Å²) in [6.07, 6.45) is 7.93. The van der Waals surface area contributed by atoms with Crippen molar-refractivity contribution in [2.24, 2.45) is 0 Å². The summed E-state index contributed by atoms with van der Waals surface area (Å²) in [6, 6.07) is 4.65. The molecule has 1 amide bonds. The zero-order valence-electron chi connectivity index (χ0n) is 13.9. The van der Waals surface area contributed by atoms with Crippen LogP contribution in [-0.2, 0) is 24.3 Å². The molecule has 6 heteroatoms. The molecule has 2 aliphatic rings. The van der Waals surface area contributed by atoms with E-state index in [-0.39, 0.29) is 0 Å². The zero-order chi connectivity index (χ0) is 16.4. The summed E-state index contributed by atoms with van der Waals surface area (Å²) in [7, 11) is 0. The quantitative estimate of drug-likeness (QED) is 0.836. The molecule has 5 nitrogen and oxygen atoms in total. The van der Waals surface area contributed by atoms with E-state index in [0.29, 0.717) is 18.4 Å². The van der Waals surface area contributed by atoms with Gasteiger partial charge in [-0.05, 0) is 48.9 Å². The third kappa shape index (κ3) is 3.39. The Balaban J connectivity index is 1.29. The highest BCUT2D eigenvalue weighted by Gasteiger charge is 2.27. The van der Waals surface area contributed by atoms with Crippen LogP contribution in [0.25, 0.3) is 0 Å². The monoisotopic (exact) mass is 344 g/mol. The molecule has 2 aromatic rings. The highest BCUT2D eigenvalue weighted by Crippen LogP contribution is 2.25. The minimum absolute atomic E-state index is 0.302. The van der Waals surface area contributed by atoms with Crippen LogP contribution in [0.4, 0.5) is 0 Å². The normalized spacial score (nSPS) is 21.2. The molecule has 0 saturated carbocycles. The Morgan fingerprint density at radius 1 is 1.38 bits per heavy atom. The van der Waals surface area contributed by atoms with Gasteiger partial charge in [-0.1, -0.05) is 0 Å². The van der Waals surface area contributed by atoms with Crippen LogP contribution in [0.2, 0.25) is 0 Å². The molecular formula is C18H24N4OS. The Hall–Kier alpha value is -1.66. The van der Waals surface area contributed by atoms with E-state index in [9.17, 15) is 4.79 Å². The lowest BCUT2D eigenvalue weighted by Crippen LogP contribution is -2.39. The number of likely N-dealkylation sites (tertiary alicyclic amines) is 1. The predicted octanol–water partition coefficient (Wildman–Crippen LogP) is 2.38. The number of rotatable bonds is 5. The zero-order valence-corrected chi connectivity index (χ0v) is 14.7. The largest absolute Gasteiger partial charge is 0.338 e. The van der Waals surface area contributed by atoms with E-state index in [0.717, 1.165) is 39.1 Å². The van der Waals surface area contributed by atoms with Crippen molar-refractivity contribution in [1.82, 2.24) is 19.6 Å². The minimum Gasteiger partial charge on any atom is -0.338 e. The van der Waals surface area contributed by atoms with E-state index < -0.39 is 0 Å². The van der Waals surface area contributed by atoms with Gasteiger partial charge in [-0.3, -0.25) is 14.4 Å². The standard InChI is InChI=1S/C18H24N4OS/c23-18(21-10-4-17-15(13-21)6-12-24-17)5-11-20-8-1-3-16(20)14-22-9-2-7-19-22/h2,6-7,9,12,16H,1,3-5,8,10-11,13-14H2/t16-/m0/s1. The van der Waals surface area contributed by atoms with Gasteiger partial charge in [0.1, 0.15) is 0 Å². The molecule has 4 rings (SSSR count). The number of fused-ring (bicyclic) bond motifs is 1. The average molecular weight is 344 g/mol. The lowest BCUT2D eigenvalue weighted by Gasteiger charge is -2.29. The van der Waals surface area contributed by atoms with E-state index in [1.165, 1.54) is 23.3 Å². The van der Waals surface area contributed by atoms with Crippen LogP contribution in [-0.4, -0.2) is 51.2 Å². The lowest BCUT2D eigenvalue weighted by molar-refractivity contribution is -0.132. The molecule has 0 N–H and O–H groups in total. The fourth-order valence-corrected chi connectivity index (χ4v) is 4.77. The second-order valence-corrected chi connectivity index (χ2v) is 7.75. The van der Waals surface area contributed by atoms with E-state index in [1.54, 1.807) is 0 Å². The van der Waals surface area contributed by atoms with Crippen molar-refractivity contribution in [3.05, 3.63) is 40.3 Å². The minimum atomic E-state index is 0.302.